The maximum atomic E-state index is 13.6. The summed E-state index contributed by atoms with van der Waals surface area (Å²) in [5.74, 6) is -5.23. The number of alkyl halides is 2. The molecule has 0 spiro atoms. The molecule has 0 aliphatic rings. The van der Waals surface area contributed by atoms with Crippen LogP contribution in [0.15, 0.2) is 0 Å². The van der Waals surface area contributed by atoms with Gasteiger partial charge in [-0.2, -0.15) is 0 Å². The SMILES string of the molecule is CC(C)(C)OC(=O)N[C@H](C(=O)OC(C)(C)C)C(F)(F)CO. The van der Waals surface area contributed by atoms with E-state index in [1.54, 1.807) is 26.1 Å². The highest BCUT2D eigenvalue weighted by Crippen LogP contribution is 2.22. The van der Waals surface area contributed by atoms with Crippen LogP contribution in [0.25, 0.3) is 0 Å². The van der Waals surface area contributed by atoms with Gasteiger partial charge in [-0.05, 0) is 41.5 Å². The second kappa shape index (κ2) is 6.55. The molecule has 0 saturated carbocycles. The highest BCUT2D eigenvalue weighted by Gasteiger charge is 2.47. The molecule has 0 bridgehead atoms. The summed E-state index contributed by atoms with van der Waals surface area (Å²) in [5.41, 5.74) is -1.94. The van der Waals surface area contributed by atoms with Crippen LogP contribution < -0.4 is 5.32 Å². The molecule has 8 heteroatoms. The Kier molecular flexibility index (Phi) is 6.10. The molecule has 0 aromatic heterocycles. The second-order valence-electron chi connectivity index (χ2n) is 6.53. The molecule has 2 N–H and O–H groups in total. The third-order valence-electron chi connectivity index (χ3n) is 1.94. The van der Waals surface area contributed by atoms with Crippen molar-refractivity contribution in [3.05, 3.63) is 0 Å². The molecule has 0 rings (SSSR count). The fourth-order valence-electron chi connectivity index (χ4n) is 1.21. The molecule has 0 aliphatic heterocycles. The molecule has 1 atom stereocenters. The first-order valence-electron chi connectivity index (χ1n) is 6.39. The molecule has 0 aromatic carbocycles. The number of aliphatic hydroxyl groups is 1. The standard InChI is InChI=1S/C13H23F2NO5/c1-11(2,3)20-9(18)8(13(14,15)7-17)16-10(19)21-12(4,5)6/h8,17H,7H2,1-6H3,(H,16,19)/t8-/m1/s1. The van der Waals surface area contributed by atoms with E-state index < -0.39 is 41.8 Å². The molecular weight excluding hydrogens is 288 g/mol. The van der Waals surface area contributed by atoms with Crippen molar-refractivity contribution in [2.24, 2.45) is 0 Å². The number of esters is 1. The van der Waals surface area contributed by atoms with Gasteiger partial charge in [0, 0.05) is 0 Å². The van der Waals surface area contributed by atoms with E-state index in [1.807, 2.05) is 0 Å². The molecule has 0 fully saturated rings. The molecular formula is C13H23F2NO5. The van der Waals surface area contributed by atoms with Gasteiger partial charge in [0.2, 0.25) is 0 Å². The molecule has 0 radical (unpaired) electrons. The lowest BCUT2D eigenvalue weighted by atomic mass is 10.1. The van der Waals surface area contributed by atoms with Crippen LogP contribution in [-0.4, -0.2) is 46.9 Å². The average Bonchev–Trinajstić information content (AvgIpc) is 2.20. The number of rotatable bonds is 4. The van der Waals surface area contributed by atoms with Crippen molar-refractivity contribution in [3.63, 3.8) is 0 Å². The van der Waals surface area contributed by atoms with E-state index >= 15 is 0 Å². The third kappa shape index (κ3) is 7.79. The number of nitrogens with one attached hydrogen (secondary N) is 1. The summed E-state index contributed by atoms with van der Waals surface area (Å²) < 4.78 is 36.9. The predicted octanol–water partition coefficient (Wildman–Crippen LogP) is 1.85. The van der Waals surface area contributed by atoms with Gasteiger partial charge in [-0.25, -0.2) is 18.4 Å². The summed E-state index contributed by atoms with van der Waals surface area (Å²) in [4.78, 5) is 23.3. The van der Waals surface area contributed by atoms with E-state index in [4.69, 9.17) is 14.6 Å². The zero-order valence-electron chi connectivity index (χ0n) is 13.1. The Balaban J connectivity index is 5.10. The van der Waals surface area contributed by atoms with Gasteiger partial charge in [-0.15, -0.1) is 0 Å². The van der Waals surface area contributed by atoms with Crippen LogP contribution in [0.1, 0.15) is 41.5 Å². The minimum Gasteiger partial charge on any atom is -0.458 e. The summed E-state index contributed by atoms with van der Waals surface area (Å²) in [5, 5.41) is 10.4. The molecule has 124 valence electrons. The normalized spacial score (nSPS) is 14.3. The smallest absolute Gasteiger partial charge is 0.408 e. The van der Waals surface area contributed by atoms with E-state index in [-0.39, 0.29) is 0 Å². The van der Waals surface area contributed by atoms with Crippen LogP contribution in [0.3, 0.4) is 0 Å². The zero-order chi connectivity index (χ0) is 17.1. The van der Waals surface area contributed by atoms with Gasteiger partial charge in [0.05, 0.1) is 0 Å². The van der Waals surface area contributed by atoms with Crippen molar-refractivity contribution in [3.8, 4) is 0 Å². The van der Waals surface area contributed by atoms with Crippen molar-refractivity contribution < 1.29 is 33.0 Å². The highest BCUT2D eigenvalue weighted by molar-refractivity contribution is 5.82. The lowest BCUT2D eigenvalue weighted by Gasteiger charge is -2.29. The molecule has 1 amide bonds. The molecule has 6 nitrogen and oxygen atoms in total. The number of carbonyl (C=O) groups excluding carboxylic acids is 2. The summed E-state index contributed by atoms with van der Waals surface area (Å²) >= 11 is 0. The monoisotopic (exact) mass is 311 g/mol. The average molecular weight is 311 g/mol. The van der Waals surface area contributed by atoms with Crippen molar-refractivity contribution in [2.75, 3.05) is 6.61 Å². The quantitative estimate of drug-likeness (QED) is 0.774. The van der Waals surface area contributed by atoms with Crippen LogP contribution in [0, 0.1) is 0 Å². The largest absolute Gasteiger partial charge is 0.458 e. The van der Waals surface area contributed by atoms with Crippen LogP contribution in [0.2, 0.25) is 0 Å². The minimum atomic E-state index is -3.88. The summed E-state index contributed by atoms with van der Waals surface area (Å²) in [6.45, 7) is 7.48. The number of carbonyl (C=O) groups is 2. The van der Waals surface area contributed by atoms with E-state index in [2.05, 4.69) is 0 Å². The Hall–Kier alpha value is -1.44. The van der Waals surface area contributed by atoms with Crippen LogP contribution in [-0.2, 0) is 14.3 Å². The first-order valence-corrected chi connectivity index (χ1v) is 6.39. The zero-order valence-corrected chi connectivity index (χ0v) is 13.1. The molecule has 0 aromatic rings. The Bertz CT molecular complexity index is 385. The van der Waals surface area contributed by atoms with Crippen molar-refractivity contribution >= 4 is 12.1 Å². The molecule has 0 aliphatic carbocycles. The first kappa shape index (κ1) is 19.6. The minimum absolute atomic E-state index is 0.920. The van der Waals surface area contributed by atoms with Gasteiger partial charge in [0.15, 0.2) is 6.04 Å². The van der Waals surface area contributed by atoms with E-state index in [0.717, 1.165) is 0 Å². The lowest BCUT2D eigenvalue weighted by molar-refractivity contribution is -0.171. The number of hydrogen-bond donors (Lipinski definition) is 2. The van der Waals surface area contributed by atoms with E-state index in [1.165, 1.54) is 20.8 Å². The van der Waals surface area contributed by atoms with Gasteiger partial charge in [-0.1, -0.05) is 0 Å². The number of amides is 1. The number of hydrogen-bond acceptors (Lipinski definition) is 5. The highest BCUT2D eigenvalue weighted by atomic mass is 19.3. The summed E-state index contributed by atoms with van der Waals surface area (Å²) in [6.07, 6.45) is -1.20. The summed E-state index contributed by atoms with van der Waals surface area (Å²) in [6, 6.07) is -2.34. The van der Waals surface area contributed by atoms with Gasteiger partial charge < -0.3 is 19.9 Å². The Morgan fingerprint density at radius 3 is 1.81 bits per heavy atom. The lowest BCUT2D eigenvalue weighted by Crippen LogP contribution is -2.56. The fraction of sp³-hybridized carbons (Fsp3) is 0.846. The molecule has 21 heavy (non-hydrogen) atoms. The molecule has 0 unspecified atom stereocenters. The van der Waals surface area contributed by atoms with Gasteiger partial charge in [-0.3, -0.25) is 0 Å². The topological polar surface area (TPSA) is 84.9 Å². The predicted molar refractivity (Wildman–Crippen MR) is 71.0 cm³/mol. The Morgan fingerprint density at radius 1 is 1.05 bits per heavy atom. The van der Waals surface area contributed by atoms with E-state index in [9.17, 15) is 18.4 Å². The van der Waals surface area contributed by atoms with Crippen LogP contribution in [0.4, 0.5) is 13.6 Å². The first-order chi connectivity index (χ1) is 9.18. The molecule has 0 heterocycles. The Morgan fingerprint density at radius 2 is 1.48 bits per heavy atom. The van der Waals surface area contributed by atoms with Crippen molar-refractivity contribution in [1.29, 1.82) is 0 Å². The number of alkyl carbamates (subject to hydrolysis) is 1. The van der Waals surface area contributed by atoms with Gasteiger partial charge in [0.25, 0.3) is 0 Å². The van der Waals surface area contributed by atoms with Crippen molar-refractivity contribution in [1.82, 2.24) is 5.32 Å². The Labute approximate surface area is 122 Å². The van der Waals surface area contributed by atoms with Gasteiger partial charge >= 0.3 is 18.0 Å². The van der Waals surface area contributed by atoms with Gasteiger partial charge in [0.1, 0.15) is 17.8 Å². The molecule has 0 saturated heterocycles. The fourth-order valence-corrected chi connectivity index (χ4v) is 1.21. The van der Waals surface area contributed by atoms with Crippen LogP contribution in [0.5, 0.6) is 0 Å². The third-order valence-corrected chi connectivity index (χ3v) is 1.94. The number of aliphatic hydroxyl groups excluding tert-OH is 1. The van der Waals surface area contributed by atoms with E-state index in [0.29, 0.717) is 0 Å². The summed E-state index contributed by atoms with van der Waals surface area (Å²) in [7, 11) is 0. The number of ether oxygens (including phenoxy) is 2. The maximum absolute atomic E-state index is 13.6. The number of halogens is 2. The maximum Gasteiger partial charge on any atom is 0.408 e. The van der Waals surface area contributed by atoms with Crippen LogP contribution >= 0.6 is 0 Å². The van der Waals surface area contributed by atoms with Crippen molar-refractivity contribution in [2.45, 2.75) is 64.7 Å². The second-order valence-corrected chi connectivity index (χ2v) is 6.53.